The maximum Gasteiger partial charge on any atom is 0.270 e. The Kier molecular flexibility index (Phi) is 8.30. The third-order valence-corrected chi connectivity index (χ3v) is 5.64. The zero-order valence-electron chi connectivity index (χ0n) is 20.5. The first-order valence-electron chi connectivity index (χ1n) is 11.8. The molecule has 0 fully saturated rings. The molecule has 0 aliphatic carbocycles. The Morgan fingerprint density at radius 3 is 2.45 bits per heavy atom. The van der Waals surface area contributed by atoms with Crippen LogP contribution in [0, 0.1) is 10.1 Å². The third kappa shape index (κ3) is 6.73. The summed E-state index contributed by atoms with van der Waals surface area (Å²) in [4.78, 5) is 36.6. The molecule has 0 unspecified atom stereocenters. The summed E-state index contributed by atoms with van der Waals surface area (Å²) in [7, 11) is 1.53. The SMILES string of the molecule is COc1ccc(C(=O)N/C(=C/c2ccc(-c3cccc([N+](=O)[O-])c3)o2)C(=O)NCCc2ccccc2)cc1. The van der Waals surface area contributed by atoms with E-state index in [9.17, 15) is 19.7 Å². The Balaban J connectivity index is 1.55. The number of furan rings is 1. The molecule has 0 atom stereocenters. The van der Waals surface area contributed by atoms with Gasteiger partial charge in [0.05, 0.1) is 12.0 Å². The highest BCUT2D eigenvalue weighted by molar-refractivity contribution is 6.05. The summed E-state index contributed by atoms with van der Waals surface area (Å²) >= 11 is 0. The van der Waals surface area contributed by atoms with Gasteiger partial charge in [-0.25, -0.2) is 0 Å². The number of ether oxygens (including phenoxy) is 1. The molecule has 0 saturated carbocycles. The molecule has 0 aliphatic heterocycles. The summed E-state index contributed by atoms with van der Waals surface area (Å²) in [5.41, 5.74) is 1.83. The number of non-ortho nitro benzene ring substituents is 1. The van der Waals surface area contributed by atoms with Crippen molar-refractivity contribution >= 4 is 23.6 Å². The van der Waals surface area contributed by atoms with Crippen LogP contribution in [0.4, 0.5) is 5.69 Å². The first-order chi connectivity index (χ1) is 18.4. The van der Waals surface area contributed by atoms with Gasteiger partial charge in [-0.3, -0.25) is 19.7 Å². The van der Waals surface area contributed by atoms with Crippen molar-refractivity contribution in [1.82, 2.24) is 10.6 Å². The predicted molar refractivity (Wildman–Crippen MR) is 142 cm³/mol. The molecule has 1 aromatic heterocycles. The van der Waals surface area contributed by atoms with Crippen LogP contribution in [0.2, 0.25) is 0 Å². The lowest BCUT2D eigenvalue weighted by molar-refractivity contribution is -0.384. The van der Waals surface area contributed by atoms with Gasteiger partial charge < -0.3 is 19.8 Å². The van der Waals surface area contributed by atoms with Crippen molar-refractivity contribution in [3.8, 4) is 17.1 Å². The van der Waals surface area contributed by atoms with Crippen LogP contribution in [0.25, 0.3) is 17.4 Å². The van der Waals surface area contributed by atoms with E-state index in [-0.39, 0.29) is 17.1 Å². The average molecular weight is 512 g/mol. The summed E-state index contributed by atoms with van der Waals surface area (Å²) in [6, 6.07) is 25.5. The molecule has 0 spiro atoms. The summed E-state index contributed by atoms with van der Waals surface area (Å²) in [5, 5.41) is 16.6. The van der Waals surface area contributed by atoms with E-state index in [0.29, 0.717) is 35.6 Å². The van der Waals surface area contributed by atoms with Gasteiger partial charge in [0.1, 0.15) is 23.0 Å². The first kappa shape index (κ1) is 25.9. The van der Waals surface area contributed by atoms with E-state index in [4.69, 9.17) is 9.15 Å². The normalized spacial score (nSPS) is 11.0. The molecule has 4 aromatic rings. The van der Waals surface area contributed by atoms with Gasteiger partial charge in [-0.15, -0.1) is 0 Å². The van der Waals surface area contributed by atoms with Crippen LogP contribution in [0.3, 0.4) is 0 Å². The largest absolute Gasteiger partial charge is 0.497 e. The van der Waals surface area contributed by atoms with Crippen LogP contribution in [0.1, 0.15) is 21.7 Å². The quantitative estimate of drug-likeness (QED) is 0.176. The Morgan fingerprint density at radius 1 is 0.974 bits per heavy atom. The first-order valence-corrected chi connectivity index (χ1v) is 11.8. The monoisotopic (exact) mass is 511 g/mol. The summed E-state index contributed by atoms with van der Waals surface area (Å²) in [5.74, 6) is 0.291. The van der Waals surface area contributed by atoms with Crippen molar-refractivity contribution in [3.63, 3.8) is 0 Å². The maximum absolute atomic E-state index is 13.1. The number of methoxy groups -OCH3 is 1. The van der Waals surface area contributed by atoms with Crippen LogP contribution in [0.15, 0.2) is 101 Å². The fourth-order valence-corrected chi connectivity index (χ4v) is 3.66. The fraction of sp³-hybridized carbons (Fsp3) is 0.103. The second-order valence-electron chi connectivity index (χ2n) is 8.24. The van der Waals surface area contributed by atoms with Gasteiger partial charge >= 0.3 is 0 Å². The lowest BCUT2D eigenvalue weighted by Gasteiger charge is -2.11. The van der Waals surface area contributed by atoms with E-state index in [1.807, 2.05) is 30.3 Å². The maximum atomic E-state index is 13.1. The minimum Gasteiger partial charge on any atom is -0.497 e. The van der Waals surface area contributed by atoms with Crippen molar-refractivity contribution in [2.75, 3.05) is 13.7 Å². The molecule has 2 N–H and O–H groups in total. The molecule has 38 heavy (non-hydrogen) atoms. The Hall–Kier alpha value is -5.18. The summed E-state index contributed by atoms with van der Waals surface area (Å²) in [6.07, 6.45) is 2.03. The molecule has 9 nitrogen and oxygen atoms in total. The minimum atomic E-state index is -0.490. The highest BCUT2D eigenvalue weighted by Crippen LogP contribution is 2.26. The average Bonchev–Trinajstić information content (AvgIpc) is 3.42. The van der Waals surface area contributed by atoms with Gasteiger partial charge in [0.2, 0.25) is 0 Å². The van der Waals surface area contributed by atoms with Crippen LogP contribution in [0.5, 0.6) is 5.75 Å². The molecular weight excluding hydrogens is 486 g/mol. The lowest BCUT2D eigenvalue weighted by Crippen LogP contribution is -2.35. The predicted octanol–water partition coefficient (Wildman–Crippen LogP) is 4.99. The molecule has 0 bridgehead atoms. The molecular formula is C29H25N3O6. The molecule has 0 saturated heterocycles. The van der Waals surface area contributed by atoms with Crippen LogP contribution >= 0.6 is 0 Å². The zero-order chi connectivity index (χ0) is 26.9. The Bertz CT molecular complexity index is 1460. The highest BCUT2D eigenvalue weighted by Gasteiger charge is 2.16. The topological polar surface area (TPSA) is 124 Å². The fourth-order valence-electron chi connectivity index (χ4n) is 3.66. The molecule has 0 radical (unpaired) electrons. The van der Waals surface area contributed by atoms with Crippen molar-refractivity contribution in [1.29, 1.82) is 0 Å². The molecule has 1 heterocycles. The number of nitrogens with one attached hydrogen (secondary N) is 2. The van der Waals surface area contributed by atoms with Gasteiger partial charge in [0.25, 0.3) is 17.5 Å². The number of carbonyl (C=O) groups is 2. The van der Waals surface area contributed by atoms with Gasteiger partial charge in [0.15, 0.2) is 0 Å². The van der Waals surface area contributed by atoms with Gasteiger partial charge in [-0.05, 0) is 48.4 Å². The van der Waals surface area contributed by atoms with Crippen LogP contribution in [-0.2, 0) is 11.2 Å². The number of nitrogens with zero attached hydrogens (tertiary/aromatic N) is 1. The zero-order valence-corrected chi connectivity index (χ0v) is 20.5. The van der Waals surface area contributed by atoms with Crippen molar-refractivity contribution in [2.45, 2.75) is 6.42 Å². The molecule has 9 heteroatoms. The van der Waals surface area contributed by atoms with Crippen LogP contribution in [-0.4, -0.2) is 30.4 Å². The molecule has 3 aromatic carbocycles. The van der Waals surface area contributed by atoms with Crippen molar-refractivity contribution in [2.24, 2.45) is 0 Å². The summed E-state index contributed by atoms with van der Waals surface area (Å²) in [6.45, 7) is 0.357. The smallest absolute Gasteiger partial charge is 0.270 e. The number of nitro groups is 1. The Labute approximate surface area is 218 Å². The van der Waals surface area contributed by atoms with Gasteiger partial charge in [0, 0.05) is 35.9 Å². The lowest BCUT2D eigenvalue weighted by atomic mass is 10.1. The molecule has 4 rings (SSSR count). The number of hydrogen-bond acceptors (Lipinski definition) is 6. The van der Waals surface area contributed by atoms with E-state index in [1.54, 1.807) is 48.5 Å². The Morgan fingerprint density at radius 2 is 1.74 bits per heavy atom. The van der Waals surface area contributed by atoms with E-state index in [1.165, 1.54) is 25.3 Å². The number of benzene rings is 3. The standard InChI is InChI=1S/C29H25N3O6/c1-37-24-12-10-21(11-13-24)28(33)31-26(29(34)30-17-16-20-6-3-2-4-7-20)19-25-14-15-27(38-25)22-8-5-9-23(18-22)32(35)36/h2-15,18-19H,16-17H2,1H3,(H,30,34)(H,31,33)/b26-19+. The van der Waals surface area contributed by atoms with Gasteiger partial charge in [-0.1, -0.05) is 42.5 Å². The third-order valence-electron chi connectivity index (χ3n) is 5.64. The second-order valence-corrected chi connectivity index (χ2v) is 8.24. The van der Waals surface area contributed by atoms with Crippen molar-refractivity contribution in [3.05, 3.63) is 124 Å². The highest BCUT2D eigenvalue weighted by atomic mass is 16.6. The van der Waals surface area contributed by atoms with E-state index >= 15 is 0 Å². The number of rotatable bonds is 10. The van der Waals surface area contributed by atoms with E-state index < -0.39 is 16.7 Å². The molecule has 2 amide bonds. The minimum absolute atomic E-state index is 0.0150. The van der Waals surface area contributed by atoms with E-state index in [2.05, 4.69) is 10.6 Å². The number of nitro benzene ring substituents is 1. The van der Waals surface area contributed by atoms with Gasteiger partial charge in [-0.2, -0.15) is 0 Å². The number of amides is 2. The van der Waals surface area contributed by atoms with Crippen LogP contribution < -0.4 is 15.4 Å². The number of hydrogen-bond donors (Lipinski definition) is 2. The number of carbonyl (C=O) groups excluding carboxylic acids is 2. The van der Waals surface area contributed by atoms with Crippen molar-refractivity contribution < 1.29 is 23.7 Å². The molecule has 192 valence electrons. The summed E-state index contributed by atoms with van der Waals surface area (Å²) < 4.78 is 11.0. The van der Waals surface area contributed by atoms with E-state index in [0.717, 1.165) is 5.56 Å². The molecule has 0 aliphatic rings. The second kappa shape index (κ2) is 12.2.